The third-order valence-electron chi connectivity index (χ3n) is 4.35. The summed E-state index contributed by atoms with van der Waals surface area (Å²) < 4.78 is 13.0. The Morgan fingerprint density at radius 1 is 0.826 bits per heavy atom. The molecule has 2 heterocycles. The number of rotatable bonds is 1. The van der Waals surface area contributed by atoms with Gasteiger partial charge in [-0.25, -0.2) is 4.39 Å². The highest BCUT2D eigenvalue weighted by molar-refractivity contribution is 6.34. The highest BCUT2D eigenvalue weighted by Crippen LogP contribution is 2.17. The van der Waals surface area contributed by atoms with Gasteiger partial charge in [0.1, 0.15) is 5.82 Å². The molecule has 0 unspecified atom stereocenters. The number of carbonyl (C=O) groups excluding carboxylic acids is 2. The molecule has 6 nitrogen and oxygen atoms in total. The first kappa shape index (κ1) is 15.7. The average molecular weight is 320 g/mol. The van der Waals surface area contributed by atoms with E-state index in [1.807, 2.05) is 0 Å². The number of nitrogens with zero attached hydrogens (tertiary/aromatic N) is 3. The van der Waals surface area contributed by atoms with E-state index in [2.05, 4.69) is 10.2 Å². The highest BCUT2D eigenvalue weighted by atomic mass is 19.1. The molecule has 2 fully saturated rings. The lowest BCUT2D eigenvalue weighted by atomic mass is 10.2. The van der Waals surface area contributed by atoms with Crippen LogP contribution < -0.4 is 10.2 Å². The van der Waals surface area contributed by atoms with E-state index in [4.69, 9.17) is 0 Å². The predicted molar refractivity (Wildman–Crippen MR) is 84.6 cm³/mol. The lowest BCUT2D eigenvalue weighted by molar-refractivity contribution is -0.152. The van der Waals surface area contributed by atoms with E-state index in [1.165, 1.54) is 12.1 Å². The molecule has 1 aromatic rings. The number of hydrogen-bond donors (Lipinski definition) is 1. The molecule has 23 heavy (non-hydrogen) atoms. The van der Waals surface area contributed by atoms with Crippen molar-refractivity contribution < 1.29 is 14.0 Å². The zero-order valence-electron chi connectivity index (χ0n) is 13.0. The second-order valence-corrected chi connectivity index (χ2v) is 5.80. The molecule has 1 aromatic carbocycles. The van der Waals surface area contributed by atoms with E-state index in [0.717, 1.165) is 18.8 Å². The van der Waals surface area contributed by atoms with Crippen LogP contribution in [-0.2, 0) is 9.59 Å². The molecule has 1 N–H and O–H groups in total. The first-order valence-corrected chi connectivity index (χ1v) is 7.94. The summed E-state index contributed by atoms with van der Waals surface area (Å²) in [5.41, 5.74) is 0.937. The van der Waals surface area contributed by atoms with Gasteiger partial charge in [-0.2, -0.15) is 0 Å². The normalized spacial score (nSPS) is 18.9. The van der Waals surface area contributed by atoms with Crippen LogP contribution in [0.5, 0.6) is 0 Å². The van der Waals surface area contributed by atoms with Gasteiger partial charge in [0.2, 0.25) is 0 Å². The number of carbonyl (C=O) groups is 2. The number of nitrogens with one attached hydrogen (secondary N) is 1. The molecule has 2 amide bonds. The van der Waals surface area contributed by atoms with Gasteiger partial charge in [0.05, 0.1) is 0 Å². The third-order valence-corrected chi connectivity index (χ3v) is 4.35. The fourth-order valence-corrected chi connectivity index (χ4v) is 2.96. The Morgan fingerprint density at radius 3 is 1.91 bits per heavy atom. The Kier molecular flexibility index (Phi) is 4.76. The molecule has 3 rings (SSSR count). The third kappa shape index (κ3) is 3.61. The van der Waals surface area contributed by atoms with Crippen molar-refractivity contribution in [3.8, 4) is 0 Å². The van der Waals surface area contributed by atoms with Crippen molar-refractivity contribution in [1.82, 2.24) is 15.1 Å². The van der Waals surface area contributed by atoms with Gasteiger partial charge in [0.15, 0.2) is 0 Å². The molecule has 0 saturated carbocycles. The zero-order valence-corrected chi connectivity index (χ0v) is 13.0. The zero-order chi connectivity index (χ0) is 16.2. The maximum atomic E-state index is 13.0. The van der Waals surface area contributed by atoms with Crippen molar-refractivity contribution in [2.45, 2.75) is 0 Å². The molecule has 2 aliphatic heterocycles. The van der Waals surface area contributed by atoms with Crippen LogP contribution in [0.3, 0.4) is 0 Å². The lowest BCUT2D eigenvalue weighted by Crippen LogP contribution is -2.56. The SMILES string of the molecule is O=C(C(=O)N1CCN(c2ccc(F)cc2)CC1)N1CCNCC1. The van der Waals surface area contributed by atoms with Crippen LogP contribution in [0.15, 0.2) is 24.3 Å². The monoisotopic (exact) mass is 320 g/mol. The van der Waals surface area contributed by atoms with E-state index < -0.39 is 11.8 Å². The fourth-order valence-electron chi connectivity index (χ4n) is 2.96. The maximum absolute atomic E-state index is 13.0. The minimum Gasteiger partial charge on any atom is -0.368 e. The van der Waals surface area contributed by atoms with Crippen molar-refractivity contribution in [1.29, 1.82) is 0 Å². The molecule has 0 radical (unpaired) electrons. The fraction of sp³-hybridized carbons (Fsp3) is 0.500. The van der Waals surface area contributed by atoms with Crippen LogP contribution >= 0.6 is 0 Å². The van der Waals surface area contributed by atoms with Crippen LogP contribution in [0.2, 0.25) is 0 Å². The Labute approximate surface area is 134 Å². The smallest absolute Gasteiger partial charge is 0.312 e. The molecular formula is C16H21FN4O2. The van der Waals surface area contributed by atoms with Crippen LogP contribution in [0.25, 0.3) is 0 Å². The van der Waals surface area contributed by atoms with Gasteiger partial charge in [-0.1, -0.05) is 0 Å². The van der Waals surface area contributed by atoms with E-state index in [-0.39, 0.29) is 5.82 Å². The van der Waals surface area contributed by atoms with Gasteiger partial charge in [0, 0.05) is 58.0 Å². The number of piperazine rings is 2. The van der Waals surface area contributed by atoms with Crippen molar-refractivity contribution in [3.63, 3.8) is 0 Å². The first-order valence-electron chi connectivity index (χ1n) is 7.94. The van der Waals surface area contributed by atoms with Crippen molar-refractivity contribution in [3.05, 3.63) is 30.1 Å². The summed E-state index contributed by atoms with van der Waals surface area (Å²) in [6.45, 7) is 4.94. The highest BCUT2D eigenvalue weighted by Gasteiger charge is 2.30. The van der Waals surface area contributed by atoms with Crippen molar-refractivity contribution in [2.75, 3.05) is 57.3 Å². The Hall–Kier alpha value is -2.15. The number of anilines is 1. The lowest BCUT2D eigenvalue weighted by Gasteiger charge is -2.37. The molecule has 0 bridgehead atoms. The minimum absolute atomic E-state index is 0.260. The summed E-state index contributed by atoms with van der Waals surface area (Å²) in [6, 6.07) is 6.33. The largest absolute Gasteiger partial charge is 0.368 e. The summed E-state index contributed by atoms with van der Waals surface area (Å²) in [5, 5.41) is 3.16. The second kappa shape index (κ2) is 6.95. The van der Waals surface area contributed by atoms with E-state index in [9.17, 15) is 14.0 Å². The quantitative estimate of drug-likeness (QED) is 0.735. The van der Waals surface area contributed by atoms with Crippen LogP contribution in [0.1, 0.15) is 0 Å². The average Bonchev–Trinajstić information content (AvgIpc) is 2.62. The second-order valence-electron chi connectivity index (χ2n) is 5.80. The standard InChI is InChI=1S/C16H21FN4O2/c17-13-1-3-14(4-2-13)19-9-11-21(12-10-19)16(23)15(22)20-7-5-18-6-8-20/h1-4,18H,5-12H2. The van der Waals surface area contributed by atoms with Gasteiger partial charge in [-0.15, -0.1) is 0 Å². The van der Waals surface area contributed by atoms with E-state index in [0.29, 0.717) is 39.3 Å². The number of halogens is 1. The summed E-state index contributed by atoms with van der Waals surface area (Å²) in [7, 11) is 0. The number of hydrogen-bond acceptors (Lipinski definition) is 4. The van der Waals surface area contributed by atoms with Gasteiger partial charge in [-0.05, 0) is 24.3 Å². The van der Waals surface area contributed by atoms with E-state index >= 15 is 0 Å². The van der Waals surface area contributed by atoms with Gasteiger partial charge in [-0.3, -0.25) is 9.59 Å². The minimum atomic E-state index is -0.411. The van der Waals surface area contributed by atoms with Crippen LogP contribution in [0, 0.1) is 5.82 Å². The van der Waals surface area contributed by atoms with Crippen LogP contribution in [0.4, 0.5) is 10.1 Å². The predicted octanol–water partition coefficient (Wildman–Crippen LogP) is -0.0939. The molecular weight excluding hydrogens is 299 g/mol. The Morgan fingerprint density at radius 2 is 1.35 bits per heavy atom. The summed E-state index contributed by atoms with van der Waals surface area (Å²) in [4.78, 5) is 29.9. The molecule has 0 spiro atoms. The molecule has 7 heteroatoms. The van der Waals surface area contributed by atoms with E-state index in [1.54, 1.807) is 21.9 Å². The van der Waals surface area contributed by atoms with Gasteiger partial charge in [0.25, 0.3) is 0 Å². The molecule has 0 aliphatic carbocycles. The summed E-state index contributed by atoms with van der Waals surface area (Å²) in [6.07, 6.45) is 0. The summed E-state index contributed by atoms with van der Waals surface area (Å²) >= 11 is 0. The molecule has 0 aromatic heterocycles. The Bertz CT molecular complexity index is 564. The number of amides is 2. The topological polar surface area (TPSA) is 55.9 Å². The van der Waals surface area contributed by atoms with Gasteiger partial charge < -0.3 is 20.0 Å². The van der Waals surface area contributed by atoms with Crippen LogP contribution in [-0.4, -0.2) is 74.0 Å². The molecule has 0 atom stereocenters. The molecule has 2 saturated heterocycles. The Balaban J connectivity index is 1.54. The van der Waals surface area contributed by atoms with Gasteiger partial charge >= 0.3 is 11.8 Å². The summed E-state index contributed by atoms with van der Waals surface area (Å²) in [5.74, 6) is -1.07. The van der Waals surface area contributed by atoms with Crippen molar-refractivity contribution in [2.24, 2.45) is 0 Å². The number of benzene rings is 1. The van der Waals surface area contributed by atoms with Crippen molar-refractivity contribution >= 4 is 17.5 Å². The maximum Gasteiger partial charge on any atom is 0.312 e. The molecule has 2 aliphatic rings. The molecule has 124 valence electrons. The first-order chi connectivity index (χ1) is 11.1.